The van der Waals surface area contributed by atoms with Gasteiger partial charge >= 0.3 is 5.97 Å². The molecule has 0 spiro atoms. The third kappa shape index (κ3) is 5.42. The van der Waals surface area contributed by atoms with Gasteiger partial charge in [0.15, 0.2) is 0 Å². The smallest absolute Gasteiger partial charge is 0.303 e. The number of rotatable bonds is 7. The quantitative estimate of drug-likeness (QED) is 0.740. The summed E-state index contributed by atoms with van der Waals surface area (Å²) in [7, 11) is 0. The van der Waals surface area contributed by atoms with Gasteiger partial charge in [-0.2, -0.15) is 0 Å². The Hall–Kier alpha value is -2.04. The van der Waals surface area contributed by atoms with Gasteiger partial charge in [0, 0.05) is 13.0 Å². The molecule has 5 nitrogen and oxygen atoms in total. The number of hydrogen-bond donors (Lipinski definition) is 2. The average molecular weight is 265 g/mol. The summed E-state index contributed by atoms with van der Waals surface area (Å²) >= 11 is 0. The number of carboxylic acid groups (broad SMARTS) is 1. The van der Waals surface area contributed by atoms with Crippen LogP contribution >= 0.6 is 0 Å². The lowest BCUT2D eigenvalue weighted by atomic mass is 10.2. The first-order valence-electron chi connectivity index (χ1n) is 6.26. The zero-order chi connectivity index (χ0) is 14.3. The lowest BCUT2D eigenvalue weighted by Gasteiger charge is -2.13. The Morgan fingerprint density at radius 3 is 2.63 bits per heavy atom. The van der Waals surface area contributed by atoms with E-state index in [0.29, 0.717) is 24.3 Å². The molecule has 1 aromatic carbocycles. The Balaban J connectivity index is 2.58. The van der Waals surface area contributed by atoms with Crippen molar-refractivity contribution in [2.24, 2.45) is 0 Å². The predicted octanol–water partition coefficient (Wildman–Crippen LogP) is 2.07. The van der Waals surface area contributed by atoms with Gasteiger partial charge in [-0.05, 0) is 32.4 Å². The molecule has 0 saturated carbocycles. The Morgan fingerprint density at radius 2 is 2.00 bits per heavy atom. The molecule has 0 bridgehead atoms. The van der Waals surface area contributed by atoms with Crippen molar-refractivity contribution >= 4 is 11.9 Å². The lowest BCUT2D eigenvalue weighted by Crippen LogP contribution is -2.25. The van der Waals surface area contributed by atoms with E-state index in [1.165, 1.54) is 0 Å². The maximum atomic E-state index is 12.0. The fourth-order valence-electron chi connectivity index (χ4n) is 1.55. The molecule has 2 N–H and O–H groups in total. The van der Waals surface area contributed by atoms with Gasteiger partial charge in [-0.25, -0.2) is 0 Å². The fourth-order valence-corrected chi connectivity index (χ4v) is 1.55. The van der Waals surface area contributed by atoms with E-state index in [2.05, 4.69) is 5.32 Å². The Bertz CT molecular complexity index is 443. The second kappa shape index (κ2) is 7.41. The average Bonchev–Trinajstić information content (AvgIpc) is 2.34. The number of nitrogens with one attached hydrogen (secondary N) is 1. The highest BCUT2D eigenvalue weighted by molar-refractivity contribution is 5.96. The van der Waals surface area contributed by atoms with E-state index in [4.69, 9.17) is 9.84 Å². The van der Waals surface area contributed by atoms with Crippen molar-refractivity contribution in [3.8, 4) is 5.75 Å². The zero-order valence-corrected chi connectivity index (χ0v) is 11.2. The molecule has 5 heteroatoms. The molecular formula is C14H19NO4. The van der Waals surface area contributed by atoms with Gasteiger partial charge in [0.2, 0.25) is 0 Å². The molecule has 0 heterocycles. The van der Waals surface area contributed by atoms with Crippen LogP contribution in [-0.2, 0) is 4.79 Å². The molecule has 0 unspecified atom stereocenters. The number of aliphatic carboxylic acids is 1. The molecule has 1 amide bonds. The Labute approximate surface area is 112 Å². The van der Waals surface area contributed by atoms with Crippen LogP contribution in [0.15, 0.2) is 24.3 Å². The van der Waals surface area contributed by atoms with E-state index in [-0.39, 0.29) is 18.4 Å². The van der Waals surface area contributed by atoms with Crippen LogP contribution in [0.3, 0.4) is 0 Å². The van der Waals surface area contributed by atoms with Gasteiger partial charge in [0.05, 0.1) is 11.7 Å². The summed E-state index contributed by atoms with van der Waals surface area (Å²) in [5.41, 5.74) is 0.464. The van der Waals surface area contributed by atoms with Crippen molar-refractivity contribution in [1.82, 2.24) is 5.32 Å². The van der Waals surface area contributed by atoms with E-state index in [9.17, 15) is 9.59 Å². The molecule has 0 aliphatic carbocycles. The number of benzene rings is 1. The minimum atomic E-state index is -0.863. The Morgan fingerprint density at radius 1 is 1.32 bits per heavy atom. The van der Waals surface area contributed by atoms with Crippen molar-refractivity contribution in [2.45, 2.75) is 32.8 Å². The molecule has 0 aliphatic heterocycles. The highest BCUT2D eigenvalue weighted by Gasteiger charge is 2.12. The third-order valence-corrected chi connectivity index (χ3v) is 2.35. The highest BCUT2D eigenvalue weighted by Crippen LogP contribution is 2.19. The van der Waals surface area contributed by atoms with Crippen molar-refractivity contribution in [3.63, 3.8) is 0 Å². The van der Waals surface area contributed by atoms with Crippen LogP contribution in [0.5, 0.6) is 5.75 Å². The lowest BCUT2D eigenvalue weighted by molar-refractivity contribution is -0.137. The summed E-state index contributed by atoms with van der Waals surface area (Å²) in [5, 5.41) is 11.2. The minimum Gasteiger partial charge on any atom is -0.490 e. The monoisotopic (exact) mass is 265 g/mol. The molecule has 104 valence electrons. The molecule has 0 aliphatic rings. The summed E-state index contributed by atoms with van der Waals surface area (Å²) < 4.78 is 5.56. The summed E-state index contributed by atoms with van der Waals surface area (Å²) in [5.74, 6) is -0.576. The van der Waals surface area contributed by atoms with E-state index in [1.807, 2.05) is 13.8 Å². The number of ether oxygens (including phenoxy) is 1. The zero-order valence-electron chi connectivity index (χ0n) is 11.2. The number of amides is 1. The van der Waals surface area contributed by atoms with Crippen LogP contribution in [0.1, 0.15) is 37.0 Å². The first kappa shape index (κ1) is 15.0. The van der Waals surface area contributed by atoms with Crippen LogP contribution in [-0.4, -0.2) is 29.6 Å². The summed E-state index contributed by atoms with van der Waals surface area (Å²) in [4.78, 5) is 22.3. The van der Waals surface area contributed by atoms with Gasteiger partial charge in [-0.3, -0.25) is 9.59 Å². The molecular weight excluding hydrogens is 246 g/mol. The SMILES string of the molecule is CC(C)Oc1ccccc1C(=O)NCCCC(=O)O. The highest BCUT2D eigenvalue weighted by atomic mass is 16.5. The maximum absolute atomic E-state index is 12.0. The summed E-state index contributed by atoms with van der Waals surface area (Å²) in [6, 6.07) is 6.99. The van der Waals surface area contributed by atoms with Crippen LogP contribution < -0.4 is 10.1 Å². The minimum absolute atomic E-state index is 0.0130. The van der Waals surface area contributed by atoms with Crippen molar-refractivity contribution < 1.29 is 19.4 Å². The topological polar surface area (TPSA) is 75.6 Å². The molecule has 0 fully saturated rings. The van der Waals surface area contributed by atoms with Crippen LogP contribution in [0, 0.1) is 0 Å². The third-order valence-electron chi connectivity index (χ3n) is 2.35. The van der Waals surface area contributed by atoms with Gasteiger partial charge < -0.3 is 15.2 Å². The van der Waals surface area contributed by atoms with Crippen molar-refractivity contribution in [2.75, 3.05) is 6.54 Å². The van der Waals surface area contributed by atoms with Crippen LogP contribution in [0.4, 0.5) is 0 Å². The largest absolute Gasteiger partial charge is 0.490 e. The summed E-state index contributed by atoms with van der Waals surface area (Å²) in [6.07, 6.45) is 0.444. The van der Waals surface area contributed by atoms with Gasteiger partial charge in [-0.1, -0.05) is 12.1 Å². The number of carbonyl (C=O) groups excluding carboxylic acids is 1. The van der Waals surface area contributed by atoms with Crippen molar-refractivity contribution in [1.29, 1.82) is 0 Å². The second-order valence-corrected chi connectivity index (χ2v) is 4.42. The van der Waals surface area contributed by atoms with E-state index >= 15 is 0 Å². The van der Waals surface area contributed by atoms with Crippen LogP contribution in [0.25, 0.3) is 0 Å². The number of carbonyl (C=O) groups is 2. The molecule has 1 rings (SSSR count). The second-order valence-electron chi connectivity index (χ2n) is 4.42. The number of para-hydroxylation sites is 1. The number of carboxylic acids is 1. The van der Waals surface area contributed by atoms with E-state index in [0.717, 1.165) is 0 Å². The van der Waals surface area contributed by atoms with E-state index in [1.54, 1.807) is 24.3 Å². The standard InChI is InChI=1S/C14H19NO4/c1-10(2)19-12-7-4-3-6-11(12)14(18)15-9-5-8-13(16)17/h3-4,6-7,10H,5,8-9H2,1-2H3,(H,15,18)(H,16,17). The molecule has 0 aromatic heterocycles. The molecule has 0 radical (unpaired) electrons. The maximum Gasteiger partial charge on any atom is 0.303 e. The molecule has 0 saturated heterocycles. The first-order valence-corrected chi connectivity index (χ1v) is 6.26. The molecule has 19 heavy (non-hydrogen) atoms. The van der Waals surface area contributed by atoms with E-state index < -0.39 is 5.97 Å². The van der Waals surface area contributed by atoms with Gasteiger partial charge in [-0.15, -0.1) is 0 Å². The van der Waals surface area contributed by atoms with Gasteiger partial charge in [0.25, 0.3) is 5.91 Å². The molecule has 1 aromatic rings. The number of hydrogen-bond acceptors (Lipinski definition) is 3. The first-order chi connectivity index (χ1) is 9.00. The predicted molar refractivity (Wildman–Crippen MR) is 71.4 cm³/mol. The Kier molecular flexibility index (Phi) is 5.85. The van der Waals surface area contributed by atoms with Gasteiger partial charge in [0.1, 0.15) is 5.75 Å². The van der Waals surface area contributed by atoms with Crippen LogP contribution in [0.2, 0.25) is 0 Å². The molecule has 0 atom stereocenters. The fraction of sp³-hybridized carbons (Fsp3) is 0.429. The normalized spacial score (nSPS) is 10.3. The van der Waals surface area contributed by atoms with Crippen molar-refractivity contribution in [3.05, 3.63) is 29.8 Å². The summed E-state index contributed by atoms with van der Waals surface area (Å²) in [6.45, 7) is 4.12.